The minimum Gasteiger partial charge on any atom is -0.489 e. The van der Waals surface area contributed by atoms with Crippen LogP contribution in [-0.4, -0.2) is 25.3 Å². The number of halogens is 2. The second kappa shape index (κ2) is 13.0. The van der Waals surface area contributed by atoms with Gasteiger partial charge in [-0.3, -0.25) is 0 Å². The Morgan fingerprint density at radius 3 is 2.32 bits per heavy atom. The van der Waals surface area contributed by atoms with E-state index in [4.69, 9.17) is 37.4 Å². The first kappa shape index (κ1) is 28.1. The van der Waals surface area contributed by atoms with Gasteiger partial charge < -0.3 is 14.2 Å². The van der Waals surface area contributed by atoms with Crippen molar-refractivity contribution < 1.29 is 14.2 Å². The molecule has 0 bridgehead atoms. The van der Waals surface area contributed by atoms with Crippen LogP contribution in [-0.2, 0) is 10.2 Å². The van der Waals surface area contributed by atoms with E-state index in [9.17, 15) is 0 Å². The van der Waals surface area contributed by atoms with E-state index in [1.807, 2.05) is 44.4 Å². The van der Waals surface area contributed by atoms with Gasteiger partial charge in [0.05, 0.1) is 16.5 Å². The fourth-order valence-electron chi connectivity index (χ4n) is 3.21. The highest BCUT2D eigenvalue weighted by molar-refractivity contribution is 8.02. The summed E-state index contributed by atoms with van der Waals surface area (Å²) in [7, 11) is 0. The molecule has 2 aromatic rings. The van der Waals surface area contributed by atoms with Crippen molar-refractivity contribution in [1.82, 2.24) is 0 Å². The van der Waals surface area contributed by atoms with Crippen LogP contribution in [0.1, 0.15) is 51.3 Å². The van der Waals surface area contributed by atoms with Crippen LogP contribution >= 0.6 is 35.0 Å². The van der Waals surface area contributed by atoms with Crippen molar-refractivity contribution >= 4 is 35.0 Å². The summed E-state index contributed by atoms with van der Waals surface area (Å²) >= 11 is 13.8. The quantitative estimate of drug-likeness (QED) is 0.170. The molecule has 0 aliphatic rings. The molecule has 0 aliphatic heterocycles. The van der Waals surface area contributed by atoms with Gasteiger partial charge in [-0.25, -0.2) is 0 Å². The van der Waals surface area contributed by atoms with Gasteiger partial charge >= 0.3 is 0 Å². The maximum absolute atomic E-state index is 6.59. The predicted molar refractivity (Wildman–Crippen MR) is 146 cm³/mol. The average molecular weight is 520 g/mol. The first-order valence-corrected chi connectivity index (χ1v) is 13.0. The van der Waals surface area contributed by atoms with E-state index in [0.29, 0.717) is 35.0 Å². The number of rotatable bonds is 11. The third kappa shape index (κ3) is 7.40. The maximum Gasteiger partial charge on any atom is 0.153 e. The second-order valence-corrected chi connectivity index (χ2v) is 9.94. The number of alkyl halides is 1. The lowest BCUT2D eigenvalue weighted by molar-refractivity contribution is 0.241. The molecular weight excluding hydrogens is 487 g/mol. The fraction of sp³-hybridized carbons (Fsp3) is 0.357. The Morgan fingerprint density at radius 1 is 1.09 bits per heavy atom. The maximum atomic E-state index is 6.59. The van der Waals surface area contributed by atoms with Crippen molar-refractivity contribution in [3.63, 3.8) is 0 Å². The highest BCUT2D eigenvalue weighted by Crippen LogP contribution is 2.38. The van der Waals surface area contributed by atoms with Crippen LogP contribution in [0.5, 0.6) is 11.5 Å². The number of hydrogen-bond donors (Lipinski definition) is 0. The van der Waals surface area contributed by atoms with Gasteiger partial charge in [-0.2, -0.15) is 0 Å². The van der Waals surface area contributed by atoms with Gasteiger partial charge in [0.15, 0.2) is 10.8 Å². The average Bonchev–Trinajstić information content (AvgIpc) is 2.81. The van der Waals surface area contributed by atoms with Crippen LogP contribution < -0.4 is 9.47 Å². The molecule has 0 aliphatic carbocycles. The van der Waals surface area contributed by atoms with Crippen LogP contribution in [0.2, 0.25) is 5.02 Å². The molecule has 2 aromatic carbocycles. The van der Waals surface area contributed by atoms with Crippen LogP contribution in [0, 0.1) is 11.8 Å². The lowest BCUT2D eigenvalue weighted by Gasteiger charge is -2.27. The molecule has 0 N–H and O–H groups in total. The molecule has 34 heavy (non-hydrogen) atoms. The summed E-state index contributed by atoms with van der Waals surface area (Å²) in [5, 5.41) is 1.16. The Hall–Kier alpha value is -2.19. The molecule has 0 aromatic heterocycles. The van der Waals surface area contributed by atoms with Gasteiger partial charge in [0, 0.05) is 5.41 Å². The zero-order valence-corrected chi connectivity index (χ0v) is 23.0. The number of thioether (sulfide) groups is 1. The molecule has 6 heteroatoms. The molecule has 0 amide bonds. The molecule has 3 nitrogen and oxygen atoms in total. The van der Waals surface area contributed by atoms with Crippen molar-refractivity contribution in [1.29, 1.82) is 0 Å². The number of hydrogen-bond acceptors (Lipinski definition) is 4. The van der Waals surface area contributed by atoms with Crippen molar-refractivity contribution in [2.45, 2.75) is 40.0 Å². The third-order valence-corrected chi connectivity index (χ3v) is 6.29. The minimum absolute atomic E-state index is 0.318. The summed E-state index contributed by atoms with van der Waals surface area (Å²) in [4.78, 5) is 0. The molecule has 2 rings (SSSR count). The molecular formula is C28H32Cl2O3S. The molecule has 0 atom stereocenters. The van der Waals surface area contributed by atoms with Crippen LogP contribution in [0.4, 0.5) is 0 Å². The number of benzene rings is 2. The summed E-state index contributed by atoms with van der Waals surface area (Å²) in [6, 6.07) is 12.0. The van der Waals surface area contributed by atoms with E-state index in [0.717, 1.165) is 33.8 Å². The Kier molecular flexibility index (Phi) is 10.8. The number of ether oxygens (including phenoxy) is 3. The van der Waals surface area contributed by atoms with Crippen molar-refractivity contribution in [3.05, 3.63) is 81.1 Å². The zero-order chi connectivity index (χ0) is 25.3. The van der Waals surface area contributed by atoms with E-state index in [1.165, 1.54) is 11.8 Å². The van der Waals surface area contributed by atoms with E-state index in [1.54, 1.807) is 6.92 Å². The third-order valence-electron chi connectivity index (χ3n) is 5.32. The molecule has 0 saturated heterocycles. The monoisotopic (exact) mass is 518 g/mol. The van der Waals surface area contributed by atoms with Gasteiger partial charge in [0.25, 0.3) is 0 Å². The van der Waals surface area contributed by atoms with E-state index in [-0.39, 0.29) is 5.41 Å². The summed E-state index contributed by atoms with van der Waals surface area (Å²) in [6.07, 6.45) is 1.93. The van der Waals surface area contributed by atoms with Gasteiger partial charge in [-0.05, 0) is 74.6 Å². The highest BCUT2D eigenvalue weighted by atomic mass is 35.5. The summed E-state index contributed by atoms with van der Waals surface area (Å²) < 4.78 is 17.5. The topological polar surface area (TPSA) is 27.7 Å². The second-order valence-electron chi connectivity index (χ2n) is 8.29. The lowest BCUT2D eigenvalue weighted by Crippen LogP contribution is -2.19. The first-order valence-electron chi connectivity index (χ1n) is 10.9. The molecule has 182 valence electrons. The van der Waals surface area contributed by atoms with Crippen molar-refractivity contribution in [3.8, 4) is 23.3 Å². The van der Waals surface area contributed by atoms with Gasteiger partial charge in [0.1, 0.15) is 24.7 Å². The molecule has 0 spiro atoms. The van der Waals surface area contributed by atoms with Crippen LogP contribution in [0.3, 0.4) is 0 Å². The Morgan fingerprint density at radius 2 is 1.76 bits per heavy atom. The van der Waals surface area contributed by atoms with Gasteiger partial charge in [-0.15, -0.1) is 17.5 Å². The zero-order valence-electron chi connectivity index (χ0n) is 20.7. The van der Waals surface area contributed by atoms with Gasteiger partial charge in [-0.1, -0.05) is 55.3 Å². The van der Waals surface area contributed by atoms with Crippen LogP contribution in [0.25, 0.3) is 0 Å². The predicted octanol–water partition coefficient (Wildman–Crippen LogP) is 8.18. The molecule has 0 radical (unpaired) electrons. The largest absolute Gasteiger partial charge is 0.489 e. The van der Waals surface area contributed by atoms with E-state index in [2.05, 4.69) is 44.4 Å². The first-order chi connectivity index (χ1) is 16.1. The lowest BCUT2D eigenvalue weighted by atomic mass is 9.77. The van der Waals surface area contributed by atoms with Crippen LogP contribution in [0.15, 0.2) is 59.4 Å². The fourth-order valence-corrected chi connectivity index (χ4v) is 3.74. The SMILES string of the molecule is C=C(OC(COc1ccc(C(C)(C)c2cc(Cl)c(OCCCl)c(C#CC)c2)cc1)=C(C)C)SC. The number of allylic oxidation sites excluding steroid dienone is 1. The summed E-state index contributed by atoms with van der Waals surface area (Å²) in [6.45, 7) is 14.7. The van der Waals surface area contributed by atoms with E-state index >= 15 is 0 Å². The summed E-state index contributed by atoms with van der Waals surface area (Å²) in [5.74, 6) is 8.52. The van der Waals surface area contributed by atoms with Crippen molar-refractivity contribution in [2.24, 2.45) is 0 Å². The van der Waals surface area contributed by atoms with Gasteiger partial charge in [0.2, 0.25) is 0 Å². The highest BCUT2D eigenvalue weighted by Gasteiger charge is 2.26. The van der Waals surface area contributed by atoms with E-state index < -0.39 is 0 Å². The standard InChI is InChI=1S/C28H32Cl2O3S/c1-8-9-21-16-23(17-25(30)27(21)31-15-14-29)28(5,6)22-10-12-24(13-11-22)32-18-26(19(2)3)33-20(4)34-7/h10-13,16-17H,4,14-15,18H2,1-3,5-7H3. The Labute approximate surface area is 218 Å². The molecule has 0 fully saturated rings. The molecule has 0 unspecified atom stereocenters. The Balaban J connectivity index is 2.26. The molecule has 0 heterocycles. The smallest absolute Gasteiger partial charge is 0.153 e. The minimum atomic E-state index is -0.318. The van der Waals surface area contributed by atoms with Crippen molar-refractivity contribution in [2.75, 3.05) is 25.3 Å². The normalized spacial score (nSPS) is 10.7. The molecule has 0 saturated carbocycles. The summed E-state index contributed by atoms with van der Waals surface area (Å²) in [5.41, 5.74) is 3.65. The Bertz CT molecular complexity index is 1090.